The van der Waals surface area contributed by atoms with Crippen molar-refractivity contribution in [2.24, 2.45) is 5.73 Å². The monoisotopic (exact) mass is 681 g/mol. The topological polar surface area (TPSA) is 291 Å². The number of nitrogens with two attached hydrogens (primary N) is 1. The first kappa shape index (κ1) is 37.2. The summed E-state index contributed by atoms with van der Waals surface area (Å²) in [5.41, 5.74) is 7.64. The standard InChI is InChI=1S/C30H39N11O8/c1-16(29(48)41-22(28(31)47)7-18-9-34-21-6-4-3-5-20(18)21)39-26(45)13-35-25(44)12-37-30(49)23(8-19-10-32-15-38-19)40-27(46)14-36-24(43)11-33-17(2)42/h3-6,9-10,15-16,22-23,34H,7-8,11-14H2,1-2H3,(H2,31,47)(H,32,38)(H,33,42)(H,35,44)(H,36,43)(H,37,49)(H,39,45)(H,40,46)(H,41,48)/t16-,22-,23-/m0/s1. The Morgan fingerprint density at radius 2 is 1.37 bits per heavy atom. The first-order chi connectivity index (χ1) is 23.3. The van der Waals surface area contributed by atoms with E-state index in [1.54, 1.807) is 6.20 Å². The van der Waals surface area contributed by atoms with Gasteiger partial charge in [-0.25, -0.2) is 4.98 Å². The zero-order valence-electron chi connectivity index (χ0n) is 26.8. The maximum atomic E-state index is 12.9. The number of hydrogen-bond donors (Lipinski definition) is 10. The lowest BCUT2D eigenvalue weighted by atomic mass is 10.0. The van der Waals surface area contributed by atoms with Crippen LogP contribution in [-0.4, -0.2) is 107 Å². The SMILES string of the molecule is CC(=O)NCC(=O)NCC(=O)N[C@@H](Cc1cnc[nH]1)C(=O)NCC(=O)NCC(=O)N[C@@H](C)C(=O)N[C@@H](Cc1c[nH]c2ccccc12)C(N)=O. The van der Waals surface area contributed by atoms with Crippen molar-refractivity contribution in [2.45, 2.75) is 44.8 Å². The number of benzene rings is 1. The Morgan fingerprint density at radius 1 is 0.735 bits per heavy atom. The number of amides is 8. The number of rotatable bonds is 18. The average molecular weight is 682 g/mol. The highest BCUT2D eigenvalue weighted by atomic mass is 16.2. The van der Waals surface area contributed by atoms with Gasteiger partial charge in [0.15, 0.2) is 0 Å². The van der Waals surface area contributed by atoms with E-state index in [4.69, 9.17) is 5.73 Å². The number of nitrogens with one attached hydrogen (secondary N) is 9. The molecule has 2 aromatic heterocycles. The number of H-pyrrole nitrogens is 2. The molecule has 0 unspecified atom stereocenters. The van der Waals surface area contributed by atoms with Crippen LogP contribution in [-0.2, 0) is 51.2 Å². The van der Waals surface area contributed by atoms with Crippen LogP contribution >= 0.6 is 0 Å². The summed E-state index contributed by atoms with van der Waals surface area (Å²) >= 11 is 0. The lowest BCUT2D eigenvalue weighted by Crippen LogP contribution is -2.54. The molecule has 49 heavy (non-hydrogen) atoms. The van der Waals surface area contributed by atoms with Crippen molar-refractivity contribution >= 4 is 58.2 Å². The van der Waals surface area contributed by atoms with E-state index in [0.29, 0.717) is 5.69 Å². The Balaban J connectivity index is 1.43. The lowest BCUT2D eigenvalue weighted by Gasteiger charge is -2.19. The number of aromatic amines is 2. The van der Waals surface area contributed by atoms with Crippen molar-refractivity contribution in [1.82, 2.24) is 52.2 Å². The normalized spacial score (nSPS) is 12.4. The molecular weight excluding hydrogens is 642 g/mol. The van der Waals surface area contributed by atoms with Gasteiger partial charge in [-0.15, -0.1) is 0 Å². The number of hydrogen-bond acceptors (Lipinski definition) is 9. The molecule has 0 saturated heterocycles. The molecule has 19 nitrogen and oxygen atoms in total. The molecule has 0 spiro atoms. The van der Waals surface area contributed by atoms with Crippen LogP contribution < -0.4 is 43.0 Å². The van der Waals surface area contributed by atoms with Crippen LogP contribution in [0.3, 0.4) is 0 Å². The van der Waals surface area contributed by atoms with E-state index in [0.717, 1.165) is 16.5 Å². The molecule has 3 rings (SSSR count). The van der Waals surface area contributed by atoms with E-state index >= 15 is 0 Å². The molecule has 0 aliphatic carbocycles. The number of fused-ring (bicyclic) bond motifs is 1. The molecule has 2 heterocycles. The Morgan fingerprint density at radius 3 is 2.00 bits per heavy atom. The molecule has 0 fully saturated rings. The summed E-state index contributed by atoms with van der Waals surface area (Å²) in [5, 5.41) is 17.5. The predicted octanol–water partition coefficient (Wildman–Crippen LogP) is -3.88. The van der Waals surface area contributed by atoms with Gasteiger partial charge in [0.1, 0.15) is 18.1 Å². The summed E-state index contributed by atoms with van der Waals surface area (Å²) in [4.78, 5) is 107. The van der Waals surface area contributed by atoms with E-state index in [2.05, 4.69) is 52.2 Å². The minimum atomic E-state index is -1.17. The van der Waals surface area contributed by atoms with Gasteiger partial charge in [-0.3, -0.25) is 38.4 Å². The highest BCUT2D eigenvalue weighted by Crippen LogP contribution is 2.19. The third kappa shape index (κ3) is 12.5. The van der Waals surface area contributed by atoms with Crippen molar-refractivity contribution in [2.75, 3.05) is 26.2 Å². The number of imidazole rings is 1. The van der Waals surface area contributed by atoms with Crippen LogP contribution in [0.5, 0.6) is 0 Å². The molecule has 1 aromatic carbocycles. The second kappa shape index (κ2) is 18.2. The first-order valence-corrected chi connectivity index (χ1v) is 15.1. The molecule has 11 N–H and O–H groups in total. The quantitative estimate of drug-likeness (QED) is 0.0627. The fraction of sp³-hybridized carbons (Fsp3) is 0.367. The van der Waals surface area contributed by atoms with Crippen LogP contribution in [0.1, 0.15) is 25.1 Å². The molecule has 0 aliphatic heterocycles. The Hall–Kier alpha value is -6.27. The molecule has 0 bridgehead atoms. The molecule has 262 valence electrons. The van der Waals surface area contributed by atoms with Crippen molar-refractivity contribution < 1.29 is 38.4 Å². The van der Waals surface area contributed by atoms with E-state index in [-0.39, 0.29) is 19.4 Å². The molecular formula is C30H39N11O8. The van der Waals surface area contributed by atoms with Gasteiger partial charge in [0.2, 0.25) is 47.3 Å². The molecule has 19 heteroatoms. The highest BCUT2D eigenvalue weighted by molar-refractivity contribution is 5.95. The average Bonchev–Trinajstić information content (AvgIpc) is 3.73. The number of para-hydroxylation sites is 1. The molecule has 0 saturated carbocycles. The first-order valence-electron chi connectivity index (χ1n) is 15.1. The molecule has 0 aliphatic rings. The zero-order chi connectivity index (χ0) is 35.9. The summed E-state index contributed by atoms with van der Waals surface area (Å²) in [6, 6.07) is 4.12. The fourth-order valence-electron chi connectivity index (χ4n) is 4.45. The second-order valence-corrected chi connectivity index (χ2v) is 10.9. The third-order valence-corrected chi connectivity index (χ3v) is 6.97. The number of aromatic nitrogens is 3. The summed E-state index contributed by atoms with van der Waals surface area (Å²) in [7, 11) is 0. The third-order valence-electron chi connectivity index (χ3n) is 6.97. The van der Waals surface area contributed by atoms with E-state index in [9.17, 15) is 38.4 Å². The molecule has 3 aromatic rings. The summed E-state index contributed by atoms with van der Waals surface area (Å²) < 4.78 is 0. The van der Waals surface area contributed by atoms with Gasteiger partial charge < -0.3 is 52.9 Å². The van der Waals surface area contributed by atoms with Gasteiger partial charge >= 0.3 is 0 Å². The minimum Gasteiger partial charge on any atom is -0.368 e. The van der Waals surface area contributed by atoms with E-state index in [1.807, 2.05) is 24.3 Å². The Labute approximate surface area is 279 Å². The Kier molecular flexibility index (Phi) is 13.8. The van der Waals surface area contributed by atoms with Gasteiger partial charge in [0.05, 0.1) is 32.5 Å². The Bertz CT molecular complexity index is 1670. The fourth-order valence-corrected chi connectivity index (χ4v) is 4.45. The zero-order valence-corrected chi connectivity index (χ0v) is 26.8. The van der Waals surface area contributed by atoms with Crippen molar-refractivity contribution in [3.8, 4) is 0 Å². The van der Waals surface area contributed by atoms with Gasteiger partial charge in [0, 0.05) is 48.8 Å². The smallest absolute Gasteiger partial charge is 0.243 e. The summed E-state index contributed by atoms with van der Waals surface area (Å²) in [6.45, 7) is 0.716. The van der Waals surface area contributed by atoms with E-state index in [1.165, 1.54) is 26.4 Å². The number of primary amides is 1. The summed E-state index contributed by atoms with van der Waals surface area (Å²) in [5.74, 6) is -5.40. The summed E-state index contributed by atoms with van der Waals surface area (Å²) in [6.07, 6.45) is 4.63. The van der Waals surface area contributed by atoms with Crippen LogP contribution in [0.4, 0.5) is 0 Å². The van der Waals surface area contributed by atoms with Crippen LogP contribution in [0.15, 0.2) is 43.0 Å². The molecule has 3 atom stereocenters. The van der Waals surface area contributed by atoms with E-state index < -0.39 is 85.0 Å². The lowest BCUT2D eigenvalue weighted by molar-refractivity contribution is -0.132. The number of carbonyl (C=O) groups is 8. The van der Waals surface area contributed by atoms with Crippen LogP contribution in [0, 0.1) is 0 Å². The second-order valence-electron chi connectivity index (χ2n) is 10.9. The number of carbonyl (C=O) groups excluding carboxylic acids is 8. The largest absolute Gasteiger partial charge is 0.368 e. The van der Waals surface area contributed by atoms with Crippen LogP contribution in [0.2, 0.25) is 0 Å². The van der Waals surface area contributed by atoms with Crippen molar-refractivity contribution in [1.29, 1.82) is 0 Å². The number of nitrogens with zero attached hydrogens (tertiary/aromatic N) is 1. The minimum absolute atomic E-state index is 0.0280. The maximum Gasteiger partial charge on any atom is 0.243 e. The van der Waals surface area contributed by atoms with Gasteiger partial charge in [-0.2, -0.15) is 0 Å². The van der Waals surface area contributed by atoms with Gasteiger partial charge in [-0.1, -0.05) is 18.2 Å². The van der Waals surface area contributed by atoms with Gasteiger partial charge in [0.25, 0.3) is 0 Å². The van der Waals surface area contributed by atoms with Crippen molar-refractivity contribution in [3.63, 3.8) is 0 Å². The van der Waals surface area contributed by atoms with Crippen LogP contribution in [0.25, 0.3) is 10.9 Å². The van der Waals surface area contributed by atoms with Crippen molar-refractivity contribution in [3.05, 3.63) is 54.2 Å². The molecule has 0 radical (unpaired) electrons. The van der Waals surface area contributed by atoms with Gasteiger partial charge in [-0.05, 0) is 18.6 Å². The molecule has 8 amide bonds. The predicted molar refractivity (Wildman–Crippen MR) is 173 cm³/mol. The maximum absolute atomic E-state index is 12.9. The highest BCUT2D eigenvalue weighted by Gasteiger charge is 2.25.